The standard InChI is InChI=1S/C19H16Cl2N4O/c1-25(11-13-5-3-2-4-6-13)18-10-17(22-12-23-18)19(26)24-16-8-14(20)7-15(21)9-16/h2-10,12H,11H2,1H3,(H,24,26). The van der Waals surface area contributed by atoms with Crippen molar-refractivity contribution < 1.29 is 4.79 Å². The molecule has 0 spiro atoms. The zero-order chi connectivity index (χ0) is 18.5. The summed E-state index contributed by atoms with van der Waals surface area (Å²) in [6.45, 7) is 0.669. The summed E-state index contributed by atoms with van der Waals surface area (Å²) in [4.78, 5) is 22.7. The van der Waals surface area contributed by atoms with E-state index in [2.05, 4.69) is 15.3 Å². The largest absolute Gasteiger partial charge is 0.355 e. The average Bonchev–Trinajstić information content (AvgIpc) is 2.62. The van der Waals surface area contributed by atoms with E-state index in [0.29, 0.717) is 28.1 Å². The molecule has 0 aliphatic carbocycles. The molecular weight excluding hydrogens is 371 g/mol. The van der Waals surface area contributed by atoms with Crippen LogP contribution in [0.5, 0.6) is 0 Å². The second kappa shape index (κ2) is 8.17. The minimum absolute atomic E-state index is 0.256. The molecule has 0 bridgehead atoms. The van der Waals surface area contributed by atoms with Gasteiger partial charge in [-0.25, -0.2) is 9.97 Å². The van der Waals surface area contributed by atoms with Crippen molar-refractivity contribution >= 4 is 40.6 Å². The lowest BCUT2D eigenvalue weighted by molar-refractivity contribution is 0.102. The lowest BCUT2D eigenvalue weighted by Crippen LogP contribution is -2.20. The summed E-state index contributed by atoms with van der Waals surface area (Å²) in [5, 5.41) is 3.63. The number of carbonyl (C=O) groups is 1. The molecule has 3 rings (SSSR count). The van der Waals surface area contributed by atoms with E-state index in [1.165, 1.54) is 6.33 Å². The van der Waals surface area contributed by atoms with Crippen molar-refractivity contribution in [1.82, 2.24) is 9.97 Å². The molecule has 3 aromatic rings. The van der Waals surface area contributed by atoms with Crippen LogP contribution in [0.2, 0.25) is 10.0 Å². The van der Waals surface area contributed by atoms with Crippen LogP contribution in [0.1, 0.15) is 16.1 Å². The third kappa shape index (κ3) is 4.71. The molecule has 132 valence electrons. The Morgan fingerprint density at radius 2 is 1.73 bits per heavy atom. The Labute approximate surface area is 161 Å². The van der Waals surface area contributed by atoms with Crippen LogP contribution in [0.25, 0.3) is 0 Å². The van der Waals surface area contributed by atoms with Crippen LogP contribution in [0.3, 0.4) is 0 Å². The molecule has 26 heavy (non-hydrogen) atoms. The first-order chi connectivity index (χ1) is 12.5. The Kier molecular flexibility index (Phi) is 5.71. The highest BCUT2D eigenvalue weighted by Crippen LogP contribution is 2.23. The van der Waals surface area contributed by atoms with Gasteiger partial charge in [-0.15, -0.1) is 0 Å². The fourth-order valence-electron chi connectivity index (χ4n) is 2.44. The highest BCUT2D eigenvalue weighted by Gasteiger charge is 2.12. The van der Waals surface area contributed by atoms with Gasteiger partial charge >= 0.3 is 0 Å². The molecule has 0 aliphatic heterocycles. The zero-order valence-electron chi connectivity index (χ0n) is 14.0. The summed E-state index contributed by atoms with van der Waals surface area (Å²) in [5.74, 6) is 0.290. The van der Waals surface area contributed by atoms with Crippen molar-refractivity contribution in [1.29, 1.82) is 0 Å². The number of aromatic nitrogens is 2. The third-order valence-electron chi connectivity index (χ3n) is 3.66. The van der Waals surface area contributed by atoms with E-state index in [-0.39, 0.29) is 11.6 Å². The van der Waals surface area contributed by atoms with Gasteiger partial charge in [0.25, 0.3) is 5.91 Å². The quantitative estimate of drug-likeness (QED) is 0.691. The number of carbonyl (C=O) groups excluding carboxylic acids is 1. The fourth-order valence-corrected chi connectivity index (χ4v) is 2.97. The van der Waals surface area contributed by atoms with Crippen molar-refractivity contribution in [2.45, 2.75) is 6.54 Å². The van der Waals surface area contributed by atoms with Crippen molar-refractivity contribution in [2.24, 2.45) is 0 Å². The molecule has 1 amide bonds. The smallest absolute Gasteiger partial charge is 0.274 e. The monoisotopic (exact) mass is 386 g/mol. The van der Waals surface area contributed by atoms with E-state index >= 15 is 0 Å². The lowest BCUT2D eigenvalue weighted by atomic mass is 10.2. The molecule has 1 heterocycles. The maximum atomic E-state index is 12.5. The number of hydrogen-bond acceptors (Lipinski definition) is 4. The molecule has 5 nitrogen and oxygen atoms in total. The van der Waals surface area contributed by atoms with Crippen molar-refractivity contribution in [3.8, 4) is 0 Å². The molecule has 7 heteroatoms. The van der Waals surface area contributed by atoms with Crippen molar-refractivity contribution in [2.75, 3.05) is 17.3 Å². The van der Waals surface area contributed by atoms with Gasteiger partial charge in [-0.05, 0) is 23.8 Å². The first-order valence-electron chi connectivity index (χ1n) is 7.86. The number of anilines is 2. The van der Waals surface area contributed by atoms with Gasteiger partial charge in [0.2, 0.25) is 0 Å². The number of rotatable bonds is 5. The SMILES string of the molecule is CN(Cc1ccccc1)c1cc(C(=O)Nc2cc(Cl)cc(Cl)c2)ncn1. The molecule has 0 fully saturated rings. The first-order valence-corrected chi connectivity index (χ1v) is 8.61. The molecule has 0 atom stereocenters. The Morgan fingerprint density at radius 1 is 1.04 bits per heavy atom. The minimum Gasteiger partial charge on any atom is -0.355 e. The number of nitrogens with one attached hydrogen (secondary N) is 1. The number of hydrogen-bond donors (Lipinski definition) is 1. The van der Waals surface area contributed by atoms with Gasteiger partial charge in [0, 0.05) is 35.4 Å². The lowest BCUT2D eigenvalue weighted by Gasteiger charge is -2.18. The maximum absolute atomic E-state index is 12.5. The van der Waals surface area contributed by atoms with Gasteiger partial charge in [-0.1, -0.05) is 53.5 Å². The molecule has 1 N–H and O–H groups in total. The van der Waals surface area contributed by atoms with Crippen LogP contribution in [0.15, 0.2) is 60.9 Å². The van der Waals surface area contributed by atoms with Crippen LogP contribution in [0.4, 0.5) is 11.5 Å². The van der Waals surface area contributed by atoms with E-state index in [1.807, 2.05) is 42.3 Å². The molecule has 0 radical (unpaired) electrons. The molecule has 0 saturated carbocycles. The van der Waals surface area contributed by atoms with E-state index in [1.54, 1.807) is 24.3 Å². The predicted molar refractivity (Wildman–Crippen MR) is 105 cm³/mol. The summed E-state index contributed by atoms with van der Waals surface area (Å²) in [7, 11) is 1.91. The second-order valence-electron chi connectivity index (χ2n) is 5.72. The van der Waals surface area contributed by atoms with Crippen molar-refractivity contribution in [3.05, 3.63) is 82.2 Å². The highest BCUT2D eigenvalue weighted by molar-refractivity contribution is 6.35. The van der Waals surface area contributed by atoms with Gasteiger partial charge in [0.15, 0.2) is 0 Å². The van der Waals surface area contributed by atoms with Crippen LogP contribution < -0.4 is 10.2 Å². The Morgan fingerprint density at radius 3 is 2.42 bits per heavy atom. The van der Waals surface area contributed by atoms with E-state index in [9.17, 15) is 4.79 Å². The molecular formula is C19H16Cl2N4O. The second-order valence-corrected chi connectivity index (χ2v) is 6.59. The van der Waals surface area contributed by atoms with Crippen LogP contribution in [0, 0.1) is 0 Å². The molecule has 2 aromatic carbocycles. The molecule has 1 aromatic heterocycles. The number of halogens is 2. The summed E-state index contributed by atoms with van der Waals surface area (Å²) in [5.41, 5.74) is 1.91. The van der Waals surface area contributed by atoms with E-state index in [0.717, 1.165) is 5.56 Å². The topological polar surface area (TPSA) is 58.1 Å². The van der Waals surface area contributed by atoms with E-state index < -0.39 is 0 Å². The summed E-state index contributed by atoms with van der Waals surface area (Å²) < 4.78 is 0. The average molecular weight is 387 g/mol. The molecule has 0 aliphatic rings. The Bertz CT molecular complexity index is 898. The minimum atomic E-state index is -0.361. The summed E-state index contributed by atoms with van der Waals surface area (Å²) >= 11 is 11.9. The van der Waals surface area contributed by atoms with Crippen LogP contribution >= 0.6 is 23.2 Å². The van der Waals surface area contributed by atoms with Crippen molar-refractivity contribution in [3.63, 3.8) is 0 Å². The van der Waals surface area contributed by atoms with Gasteiger partial charge in [-0.2, -0.15) is 0 Å². The number of benzene rings is 2. The highest BCUT2D eigenvalue weighted by atomic mass is 35.5. The zero-order valence-corrected chi connectivity index (χ0v) is 15.5. The van der Waals surface area contributed by atoms with E-state index in [4.69, 9.17) is 23.2 Å². The fraction of sp³-hybridized carbons (Fsp3) is 0.105. The van der Waals surface area contributed by atoms with Crippen LogP contribution in [-0.4, -0.2) is 22.9 Å². The van der Waals surface area contributed by atoms with Gasteiger partial charge in [-0.3, -0.25) is 4.79 Å². The van der Waals surface area contributed by atoms with Crippen LogP contribution in [-0.2, 0) is 6.54 Å². The Balaban J connectivity index is 1.74. The normalized spacial score (nSPS) is 10.4. The predicted octanol–water partition coefficient (Wildman–Crippen LogP) is 4.67. The third-order valence-corrected chi connectivity index (χ3v) is 4.10. The summed E-state index contributed by atoms with van der Waals surface area (Å²) in [6, 6.07) is 16.5. The molecule has 0 saturated heterocycles. The Hall–Kier alpha value is -2.63. The first kappa shape index (κ1) is 18.2. The summed E-state index contributed by atoms with van der Waals surface area (Å²) in [6.07, 6.45) is 1.37. The molecule has 0 unspecified atom stereocenters. The van der Waals surface area contributed by atoms with Gasteiger partial charge in [0.05, 0.1) is 0 Å². The van der Waals surface area contributed by atoms with Gasteiger partial charge < -0.3 is 10.2 Å². The number of nitrogens with zero attached hydrogens (tertiary/aromatic N) is 3. The number of amides is 1. The maximum Gasteiger partial charge on any atom is 0.274 e. The van der Waals surface area contributed by atoms with Gasteiger partial charge in [0.1, 0.15) is 17.8 Å².